The largest absolute Gasteiger partial charge is 0.399 e. The van der Waals surface area contributed by atoms with Crippen molar-refractivity contribution >= 4 is 5.69 Å². The molecule has 0 atom stereocenters. The summed E-state index contributed by atoms with van der Waals surface area (Å²) in [6, 6.07) is 5.83. The summed E-state index contributed by atoms with van der Waals surface area (Å²) in [5, 5.41) is 12.2. The Balaban J connectivity index is 1.92. The Hall–Kier alpha value is -1.95. The summed E-state index contributed by atoms with van der Waals surface area (Å²) in [7, 11) is 0. The number of anilines is 1. The zero-order valence-corrected chi connectivity index (χ0v) is 12.5. The molecule has 1 aliphatic heterocycles. The summed E-state index contributed by atoms with van der Waals surface area (Å²) in [5.74, 6) is 0.785. The van der Waals surface area contributed by atoms with Crippen LogP contribution in [0, 0.1) is 12.3 Å². The van der Waals surface area contributed by atoms with Crippen molar-refractivity contribution in [1.29, 1.82) is 0 Å². The van der Waals surface area contributed by atoms with Crippen LogP contribution < -0.4 is 5.73 Å². The molecule has 0 saturated carbocycles. The van der Waals surface area contributed by atoms with Gasteiger partial charge in [-0.05, 0) is 53.3 Å². The molecule has 0 spiro atoms. The highest BCUT2D eigenvalue weighted by Gasteiger charge is 2.29. The van der Waals surface area contributed by atoms with Gasteiger partial charge in [0.15, 0.2) is 5.82 Å². The molecule has 1 aliphatic rings. The van der Waals surface area contributed by atoms with E-state index in [0.29, 0.717) is 0 Å². The van der Waals surface area contributed by atoms with Crippen LogP contribution in [-0.2, 0) is 11.3 Å². The van der Waals surface area contributed by atoms with Gasteiger partial charge in [0.25, 0.3) is 0 Å². The fraction of sp³-hybridized carbons (Fsp3) is 0.533. The summed E-state index contributed by atoms with van der Waals surface area (Å²) < 4.78 is 7.35. The minimum absolute atomic E-state index is 0.177. The molecule has 1 aromatic carbocycles. The highest BCUT2D eigenvalue weighted by atomic mass is 16.5. The van der Waals surface area contributed by atoms with Crippen LogP contribution in [-0.4, -0.2) is 33.4 Å². The molecule has 2 heterocycles. The van der Waals surface area contributed by atoms with Gasteiger partial charge in [0.2, 0.25) is 0 Å². The van der Waals surface area contributed by atoms with E-state index in [1.807, 2.05) is 29.8 Å². The van der Waals surface area contributed by atoms with Crippen molar-refractivity contribution in [3.8, 4) is 11.4 Å². The Bertz CT molecular complexity index is 631. The number of nitrogens with zero attached hydrogens (tertiary/aromatic N) is 4. The van der Waals surface area contributed by atoms with Gasteiger partial charge in [-0.2, -0.15) is 0 Å². The van der Waals surface area contributed by atoms with Gasteiger partial charge in [0.05, 0.1) is 6.54 Å². The molecule has 1 saturated heterocycles. The Morgan fingerprint density at radius 1 is 1.33 bits per heavy atom. The summed E-state index contributed by atoms with van der Waals surface area (Å²) in [6.45, 7) is 6.74. The van der Waals surface area contributed by atoms with Gasteiger partial charge in [-0.15, -0.1) is 5.10 Å². The molecule has 6 heteroatoms. The highest BCUT2D eigenvalue weighted by molar-refractivity contribution is 5.65. The Kier molecular flexibility index (Phi) is 3.63. The third kappa shape index (κ3) is 2.90. The van der Waals surface area contributed by atoms with E-state index in [9.17, 15) is 0 Å². The smallest absolute Gasteiger partial charge is 0.182 e. The van der Waals surface area contributed by atoms with Crippen LogP contribution in [0.5, 0.6) is 0 Å². The van der Waals surface area contributed by atoms with Crippen molar-refractivity contribution in [3.63, 3.8) is 0 Å². The van der Waals surface area contributed by atoms with Gasteiger partial charge < -0.3 is 10.5 Å². The van der Waals surface area contributed by atoms with E-state index in [1.54, 1.807) is 0 Å². The predicted octanol–water partition coefficient (Wildman–Crippen LogP) is 2.05. The van der Waals surface area contributed by atoms with Gasteiger partial charge in [0.1, 0.15) is 0 Å². The van der Waals surface area contributed by atoms with E-state index in [1.165, 1.54) is 0 Å². The van der Waals surface area contributed by atoms with E-state index in [4.69, 9.17) is 10.5 Å². The van der Waals surface area contributed by atoms with Gasteiger partial charge in [-0.3, -0.25) is 0 Å². The zero-order valence-electron chi connectivity index (χ0n) is 12.5. The van der Waals surface area contributed by atoms with Gasteiger partial charge in [-0.1, -0.05) is 13.0 Å². The van der Waals surface area contributed by atoms with Crippen LogP contribution in [0.15, 0.2) is 18.2 Å². The van der Waals surface area contributed by atoms with Crippen LogP contribution in [0.25, 0.3) is 11.4 Å². The van der Waals surface area contributed by atoms with Gasteiger partial charge >= 0.3 is 0 Å². The molecule has 6 nitrogen and oxygen atoms in total. The third-order valence-electron chi connectivity index (χ3n) is 4.27. The molecule has 3 rings (SSSR count). The van der Waals surface area contributed by atoms with Crippen molar-refractivity contribution in [2.75, 3.05) is 18.9 Å². The first kappa shape index (κ1) is 14.0. The maximum atomic E-state index is 5.90. The lowest BCUT2D eigenvalue weighted by Crippen LogP contribution is -2.31. The first-order valence-corrected chi connectivity index (χ1v) is 7.28. The first-order chi connectivity index (χ1) is 10.1. The number of hydrogen-bond acceptors (Lipinski definition) is 5. The number of ether oxygens (including phenoxy) is 1. The van der Waals surface area contributed by atoms with E-state index >= 15 is 0 Å². The molecule has 0 aliphatic carbocycles. The highest BCUT2D eigenvalue weighted by Crippen LogP contribution is 2.33. The first-order valence-electron chi connectivity index (χ1n) is 7.28. The summed E-state index contributed by atoms with van der Waals surface area (Å²) in [4.78, 5) is 0. The molecular formula is C15H21N5O. The molecule has 2 aromatic rings. The number of benzene rings is 1. The Morgan fingerprint density at radius 3 is 2.86 bits per heavy atom. The van der Waals surface area contributed by atoms with Crippen LogP contribution in [0.4, 0.5) is 5.69 Å². The molecule has 1 aromatic heterocycles. The number of nitrogens with two attached hydrogens (primary N) is 1. The molecule has 0 bridgehead atoms. The fourth-order valence-electron chi connectivity index (χ4n) is 2.77. The third-order valence-corrected chi connectivity index (χ3v) is 4.27. The second-order valence-electron chi connectivity index (χ2n) is 6.16. The molecule has 112 valence electrons. The van der Waals surface area contributed by atoms with Gasteiger partial charge in [-0.25, -0.2) is 4.68 Å². The quantitative estimate of drug-likeness (QED) is 0.874. The number of aryl methyl sites for hydroxylation is 1. The van der Waals surface area contributed by atoms with Crippen molar-refractivity contribution < 1.29 is 4.74 Å². The molecular weight excluding hydrogens is 266 g/mol. The summed E-state index contributed by atoms with van der Waals surface area (Å²) in [6.07, 6.45) is 2.06. The Labute approximate surface area is 124 Å². The maximum absolute atomic E-state index is 5.90. The van der Waals surface area contributed by atoms with E-state index < -0.39 is 0 Å². The van der Waals surface area contributed by atoms with Crippen molar-refractivity contribution in [3.05, 3.63) is 23.8 Å². The second kappa shape index (κ2) is 5.44. The lowest BCUT2D eigenvalue weighted by molar-refractivity contribution is 0.0138. The lowest BCUT2D eigenvalue weighted by atomic mass is 9.82. The van der Waals surface area contributed by atoms with E-state index in [0.717, 1.165) is 55.2 Å². The van der Waals surface area contributed by atoms with E-state index in [2.05, 4.69) is 22.4 Å². The van der Waals surface area contributed by atoms with Crippen LogP contribution in [0.1, 0.15) is 25.3 Å². The molecule has 0 amide bonds. The van der Waals surface area contributed by atoms with E-state index in [-0.39, 0.29) is 5.41 Å². The number of rotatable bonds is 3. The fourth-order valence-corrected chi connectivity index (χ4v) is 2.77. The summed E-state index contributed by atoms with van der Waals surface area (Å²) >= 11 is 0. The lowest BCUT2D eigenvalue weighted by Gasteiger charge is -2.33. The maximum Gasteiger partial charge on any atom is 0.182 e. The Morgan fingerprint density at radius 2 is 2.10 bits per heavy atom. The van der Waals surface area contributed by atoms with Crippen molar-refractivity contribution in [2.24, 2.45) is 5.41 Å². The molecule has 0 unspecified atom stereocenters. The monoisotopic (exact) mass is 287 g/mol. The molecule has 2 N–H and O–H groups in total. The number of aromatic nitrogens is 4. The minimum Gasteiger partial charge on any atom is -0.399 e. The van der Waals surface area contributed by atoms with Crippen LogP contribution in [0.3, 0.4) is 0 Å². The number of hydrogen-bond donors (Lipinski definition) is 1. The second-order valence-corrected chi connectivity index (χ2v) is 6.16. The summed E-state index contributed by atoms with van der Waals surface area (Å²) in [5.41, 5.74) is 8.92. The molecule has 1 fully saturated rings. The number of nitrogen functional groups attached to an aromatic ring is 1. The molecule has 0 radical (unpaired) electrons. The average Bonchev–Trinajstić information content (AvgIpc) is 2.89. The predicted molar refractivity (Wildman–Crippen MR) is 80.6 cm³/mol. The topological polar surface area (TPSA) is 78.9 Å². The van der Waals surface area contributed by atoms with Crippen molar-refractivity contribution in [1.82, 2.24) is 20.2 Å². The zero-order chi connectivity index (χ0) is 14.9. The minimum atomic E-state index is 0.177. The normalized spacial score (nSPS) is 17.8. The molecule has 21 heavy (non-hydrogen) atoms. The van der Waals surface area contributed by atoms with Crippen molar-refractivity contribution in [2.45, 2.75) is 33.2 Å². The van der Waals surface area contributed by atoms with Gasteiger partial charge in [0, 0.05) is 24.5 Å². The van der Waals surface area contributed by atoms with Crippen LogP contribution >= 0.6 is 0 Å². The average molecular weight is 287 g/mol. The van der Waals surface area contributed by atoms with Crippen LogP contribution in [0.2, 0.25) is 0 Å². The number of tetrazole rings is 1. The SMILES string of the molecule is Cc1ccc(N)cc1-c1nnnn1CC1(C)CCOCC1. The standard InChI is InChI=1S/C15H21N5O/c1-11-3-4-12(16)9-13(11)14-17-18-19-20(14)10-15(2)5-7-21-8-6-15/h3-4,9H,5-8,10,16H2,1-2H3.